The fourth-order valence-electron chi connectivity index (χ4n) is 4.23. The van der Waals surface area contributed by atoms with Gasteiger partial charge in [-0.2, -0.15) is 0 Å². The maximum absolute atomic E-state index is 13.1. The zero-order chi connectivity index (χ0) is 22.5. The van der Waals surface area contributed by atoms with E-state index in [1.54, 1.807) is 12.1 Å². The zero-order valence-corrected chi connectivity index (χ0v) is 18.5. The van der Waals surface area contributed by atoms with Crippen LogP contribution in [0.1, 0.15) is 47.2 Å². The van der Waals surface area contributed by atoms with Crippen molar-refractivity contribution in [2.75, 3.05) is 18.4 Å². The van der Waals surface area contributed by atoms with Crippen molar-refractivity contribution in [3.05, 3.63) is 82.9 Å². The molecule has 6 nitrogen and oxygen atoms in total. The summed E-state index contributed by atoms with van der Waals surface area (Å²) in [7, 11) is 0. The average Bonchev–Trinajstić information content (AvgIpc) is 2.78. The van der Waals surface area contributed by atoms with Gasteiger partial charge in [-0.3, -0.25) is 14.7 Å². The summed E-state index contributed by atoms with van der Waals surface area (Å²) in [6, 6.07) is 11.8. The van der Waals surface area contributed by atoms with Gasteiger partial charge in [0.2, 0.25) is 5.91 Å². The van der Waals surface area contributed by atoms with E-state index in [0.717, 1.165) is 60.9 Å². The van der Waals surface area contributed by atoms with Crippen LogP contribution in [0.4, 0.5) is 10.1 Å². The number of carbonyl (C=O) groups excluding carboxylic acids is 1. The van der Waals surface area contributed by atoms with E-state index in [1.165, 1.54) is 12.1 Å². The molecule has 1 N–H and O–H groups in total. The maximum Gasteiger partial charge on any atom is 0.228 e. The third kappa shape index (κ3) is 5.53. The average molecular weight is 434 g/mol. The summed E-state index contributed by atoms with van der Waals surface area (Å²) in [5, 5.41) is 2.81. The predicted octanol–water partition coefficient (Wildman–Crippen LogP) is 4.19. The highest BCUT2D eigenvalue weighted by atomic mass is 19.1. The van der Waals surface area contributed by atoms with E-state index >= 15 is 0 Å². The minimum atomic E-state index is -0.333. The van der Waals surface area contributed by atoms with Gasteiger partial charge >= 0.3 is 0 Å². The molecule has 7 heteroatoms. The van der Waals surface area contributed by atoms with E-state index in [1.807, 2.05) is 32.2 Å². The number of piperidine rings is 1. The number of carbonyl (C=O) groups is 1. The van der Waals surface area contributed by atoms with Gasteiger partial charge in [-0.15, -0.1) is 0 Å². The second-order valence-electron chi connectivity index (χ2n) is 8.36. The predicted molar refractivity (Wildman–Crippen MR) is 122 cm³/mol. The summed E-state index contributed by atoms with van der Waals surface area (Å²) >= 11 is 0. The second-order valence-corrected chi connectivity index (χ2v) is 8.36. The highest BCUT2D eigenvalue weighted by Crippen LogP contribution is 2.27. The summed E-state index contributed by atoms with van der Waals surface area (Å²) in [4.78, 5) is 28.9. The molecule has 3 aromatic rings. The first-order chi connectivity index (χ1) is 15.5. The van der Waals surface area contributed by atoms with Crippen molar-refractivity contribution < 1.29 is 9.18 Å². The number of aromatic nitrogens is 3. The summed E-state index contributed by atoms with van der Waals surface area (Å²) in [6.07, 6.45) is 4.17. The first-order valence-corrected chi connectivity index (χ1v) is 11.0. The van der Waals surface area contributed by atoms with Crippen LogP contribution in [0.2, 0.25) is 0 Å². The molecule has 1 aromatic carbocycles. The molecule has 1 saturated heterocycles. The Bertz CT molecular complexity index is 1050. The Kier molecular flexibility index (Phi) is 6.85. The van der Waals surface area contributed by atoms with E-state index in [4.69, 9.17) is 9.97 Å². The minimum absolute atomic E-state index is 0.168. The number of nitrogens with one attached hydrogen (secondary N) is 1. The Morgan fingerprint density at radius 3 is 2.56 bits per heavy atom. The van der Waals surface area contributed by atoms with Gasteiger partial charge in [0.25, 0.3) is 0 Å². The first-order valence-electron chi connectivity index (χ1n) is 11.0. The van der Waals surface area contributed by atoms with Crippen LogP contribution < -0.4 is 5.32 Å². The van der Waals surface area contributed by atoms with Gasteiger partial charge in [-0.05, 0) is 69.6 Å². The van der Waals surface area contributed by atoms with E-state index in [-0.39, 0.29) is 24.1 Å². The summed E-state index contributed by atoms with van der Waals surface area (Å²) in [5.74, 6) is 0.624. The molecule has 2 aromatic heterocycles. The van der Waals surface area contributed by atoms with Crippen LogP contribution >= 0.6 is 0 Å². The molecular formula is C25H28FN5O. The van der Waals surface area contributed by atoms with Gasteiger partial charge in [0.15, 0.2) is 0 Å². The SMILES string of the molecule is Cc1nc(C2CCCN(Cc3ccccn3)C2)nc(C)c1CC(=O)Nc1ccc(F)cc1. The normalized spacial score (nSPS) is 16.7. The third-order valence-electron chi connectivity index (χ3n) is 5.89. The van der Waals surface area contributed by atoms with Gasteiger partial charge in [0.1, 0.15) is 11.6 Å². The standard InChI is InChI=1S/C25H28FN5O/c1-17-23(14-24(32)30-21-10-8-20(26)9-11-21)18(2)29-25(28-17)19-6-5-13-31(15-19)16-22-7-3-4-12-27-22/h3-4,7-12,19H,5-6,13-16H2,1-2H3,(H,30,32). The van der Waals surface area contributed by atoms with Crippen LogP contribution in [0.3, 0.4) is 0 Å². The molecule has 0 aliphatic carbocycles. The molecule has 0 bridgehead atoms. The summed E-state index contributed by atoms with van der Waals surface area (Å²) in [6.45, 7) is 6.66. The van der Waals surface area contributed by atoms with Crippen molar-refractivity contribution in [2.45, 2.75) is 45.6 Å². The lowest BCUT2D eigenvalue weighted by Crippen LogP contribution is -2.35. The molecule has 1 aliphatic heterocycles. The molecule has 1 fully saturated rings. The highest BCUT2D eigenvalue weighted by Gasteiger charge is 2.25. The lowest BCUT2D eigenvalue weighted by Gasteiger charge is -2.32. The van der Waals surface area contributed by atoms with Crippen molar-refractivity contribution in [1.82, 2.24) is 19.9 Å². The molecule has 1 atom stereocenters. The molecule has 1 amide bonds. The number of pyridine rings is 1. The number of hydrogen-bond donors (Lipinski definition) is 1. The molecule has 0 spiro atoms. The van der Waals surface area contributed by atoms with E-state index in [0.29, 0.717) is 5.69 Å². The Balaban J connectivity index is 1.42. The van der Waals surface area contributed by atoms with Crippen molar-refractivity contribution in [3.8, 4) is 0 Å². The zero-order valence-electron chi connectivity index (χ0n) is 18.5. The molecule has 4 rings (SSSR count). The van der Waals surface area contributed by atoms with Crippen LogP contribution in [-0.2, 0) is 17.8 Å². The largest absolute Gasteiger partial charge is 0.326 e. The van der Waals surface area contributed by atoms with Gasteiger partial charge in [0.05, 0.1) is 12.1 Å². The smallest absolute Gasteiger partial charge is 0.228 e. The summed E-state index contributed by atoms with van der Waals surface area (Å²) in [5.41, 5.74) is 4.16. The number of anilines is 1. The van der Waals surface area contributed by atoms with Crippen molar-refractivity contribution in [2.24, 2.45) is 0 Å². The maximum atomic E-state index is 13.1. The number of benzene rings is 1. The fraction of sp³-hybridized carbons (Fsp3) is 0.360. The minimum Gasteiger partial charge on any atom is -0.326 e. The van der Waals surface area contributed by atoms with Gasteiger partial charge in [-0.25, -0.2) is 14.4 Å². The van der Waals surface area contributed by atoms with Gasteiger partial charge in [-0.1, -0.05) is 6.07 Å². The Morgan fingerprint density at radius 2 is 1.88 bits per heavy atom. The van der Waals surface area contributed by atoms with E-state index in [2.05, 4.69) is 21.3 Å². The molecule has 0 radical (unpaired) electrons. The third-order valence-corrected chi connectivity index (χ3v) is 5.89. The van der Waals surface area contributed by atoms with Crippen LogP contribution in [0.15, 0.2) is 48.7 Å². The quantitative estimate of drug-likeness (QED) is 0.631. The topological polar surface area (TPSA) is 71.0 Å². The molecule has 1 aliphatic rings. The van der Waals surface area contributed by atoms with Gasteiger partial charge in [0, 0.05) is 47.8 Å². The Morgan fingerprint density at radius 1 is 1.12 bits per heavy atom. The summed E-state index contributed by atoms with van der Waals surface area (Å²) < 4.78 is 13.1. The number of nitrogens with zero attached hydrogens (tertiary/aromatic N) is 4. The first kappa shape index (κ1) is 22.0. The Labute approximate surface area is 187 Å². The van der Waals surface area contributed by atoms with Crippen LogP contribution in [0.25, 0.3) is 0 Å². The van der Waals surface area contributed by atoms with Crippen molar-refractivity contribution in [3.63, 3.8) is 0 Å². The van der Waals surface area contributed by atoms with Gasteiger partial charge < -0.3 is 5.32 Å². The number of halogens is 1. The second kappa shape index (κ2) is 9.96. The van der Waals surface area contributed by atoms with Crippen LogP contribution in [0, 0.1) is 19.7 Å². The van der Waals surface area contributed by atoms with Crippen LogP contribution in [0.5, 0.6) is 0 Å². The Hall–Kier alpha value is -3.19. The number of rotatable bonds is 6. The lowest BCUT2D eigenvalue weighted by molar-refractivity contribution is -0.115. The van der Waals surface area contributed by atoms with Crippen LogP contribution in [-0.4, -0.2) is 38.8 Å². The van der Waals surface area contributed by atoms with E-state index < -0.39 is 0 Å². The molecule has 1 unspecified atom stereocenters. The van der Waals surface area contributed by atoms with E-state index in [9.17, 15) is 9.18 Å². The molecular weight excluding hydrogens is 405 g/mol. The molecule has 166 valence electrons. The highest BCUT2D eigenvalue weighted by molar-refractivity contribution is 5.92. The molecule has 32 heavy (non-hydrogen) atoms. The van der Waals surface area contributed by atoms with Crippen molar-refractivity contribution in [1.29, 1.82) is 0 Å². The fourth-order valence-corrected chi connectivity index (χ4v) is 4.23. The molecule has 3 heterocycles. The number of aryl methyl sites for hydroxylation is 2. The van der Waals surface area contributed by atoms with Crippen molar-refractivity contribution >= 4 is 11.6 Å². The number of hydrogen-bond acceptors (Lipinski definition) is 5. The monoisotopic (exact) mass is 433 g/mol. The molecule has 0 saturated carbocycles. The number of amides is 1. The number of likely N-dealkylation sites (tertiary alicyclic amines) is 1. The lowest BCUT2D eigenvalue weighted by atomic mass is 9.96.